The molecule has 12 aromatic carbocycles. The molecular weight excluding hydrogens is 1080 g/mol. The van der Waals surface area contributed by atoms with E-state index in [1.165, 1.54) is 66.1 Å². The number of nitrogens with zero attached hydrogens (tertiary/aromatic N) is 8. The van der Waals surface area contributed by atoms with Crippen LogP contribution in [0.4, 0.5) is 0 Å². The maximum absolute atomic E-state index is 10.2. The van der Waals surface area contributed by atoms with E-state index in [-0.39, 0.29) is 11.0 Å². The summed E-state index contributed by atoms with van der Waals surface area (Å²) in [6.07, 6.45) is 0. The normalized spacial score (nSPS) is 12.2. The molecule has 4 heterocycles. The van der Waals surface area contributed by atoms with Gasteiger partial charge in [-0.05, 0) is 151 Å². The average molecular weight is 1140 g/mol. The lowest BCUT2D eigenvalue weighted by Crippen LogP contribution is -2.14. The summed E-state index contributed by atoms with van der Waals surface area (Å²) in [6, 6.07) is 99.6. The standard InChI is InChI=1S/C42H28N4.C39H22N4/c1-42(2)35-12-6-3-9-30(35)31-21-17-28(24-36(31)42)27-18-22-40-34(23-27)32-10-5-8-14-39(32)46(40)29-19-15-26(16-20-29)41-44-37-13-7-4-11-33(37)38(25-43)45-41;40-23-34-31-11-3-5-14-36(31)42-39(35(34)24-41)43-37-15-6-4-12-32(37)33-22-28(20-21-38(33)43)25-16-18-27(19-17-25)30-13-7-9-26-8-1-2-10-29(26)30/h3-24H,1-2H3;1-22H. The second-order valence-electron chi connectivity index (χ2n) is 23.2. The smallest absolute Gasteiger partial charge is 0.161 e. The van der Waals surface area contributed by atoms with Gasteiger partial charge in [0.1, 0.15) is 23.8 Å². The molecule has 0 atom stereocenters. The molecule has 0 aliphatic heterocycles. The predicted octanol–water partition coefficient (Wildman–Crippen LogP) is 19.8. The number of benzene rings is 12. The molecule has 0 fully saturated rings. The van der Waals surface area contributed by atoms with Gasteiger partial charge in [0.15, 0.2) is 17.3 Å². The number of nitriles is 3. The Morgan fingerprint density at radius 1 is 0.326 bits per heavy atom. The molecule has 89 heavy (non-hydrogen) atoms. The van der Waals surface area contributed by atoms with Crippen LogP contribution in [-0.2, 0) is 5.41 Å². The molecule has 1 aliphatic rings. The van der Waals surface area contributed by atoms with Crippen molar-refractivity contribution in [2.24, 2.45) is 0 Å². The lowest BCUT2D eigenvalue weighted by Gasteiger charge is -2.22. The minimum atomic E-state index is -0.0394. The molecule has 414 valence electrons. The Morgan fingerprint density at radius 2 is 0.820 bits per heavy atom. The highest BCUT2D eigenvalue weighted by atomic mass is 15.1. The number of aromatic nitrogens is 5. The first kappa shape index (κ1) is 52.3. The van der Waals surface area contributed by atoms with Crippen molar-refractivity contribution in [1.82, 2.24) is 24.1 Å². The largest absolute Gasteiger partial charge is 0.309 e. The van der Waals surface area contributed by atoms with E-state index in [9.17, 15) is 15.8 Å². The average Bonchev–Trinajstić information content (AvgIpc) is 1.73. The quantitative estimate of drug-likeness (QED) is 0.164. The van der Waals surface area contributed by atoms with Crippen molar-refractivity contribution in [2.45, 2.75) is 19.3 Å². The predicted molar refractivity (Wildman–Crippen MR) is 361 cm³/mol. The topological polar surface area (TPSA) is 120 Å². The van der Waals surface area contributed by atoms with Crippen molar-refractivity contribution < 1.29 is 0 Å². The van der Waals surface area contributed by atoms with E-state index in [1.807, 2.05) is 83.4 Å². The fraction of sp³-hybridized carbons (Fsp3) is 0.0370. The summed E-state index contributed by atoms with van der Waals surface area (Å²) in [6.45, 7) is 4.66. The van der Waals surface area contributed by atoms with Crippen LogP contribution in [0.3, 0.4) is 0 Å². The summed E-state index contributed by atoms with van der Waals surface area (Å²) in [5.74, 6) is 1.02. The van der Waals surface area contributed by atoms with Crippen LogP contribution in [0.2, 0.25) is 0 Å². The van der Waals surface area contributed by atoms with Gasteiger partial charge < -0.3 is 4.57 Å². The van der Waals surface area contributed by atoms with E-state index in [1.54, 1.807) is 0 Å². The number of rotatable bonds is 6. The summed E-state index contributed by atoms with van der Waals surface area (Å²) in [5.41, 5.74) is 21.0. The van der Waals surface area contributed by atoms with Crippen molar-refractivity contribution in [1.29, 1.82) is 15.8 Å². The van der Waals surface area contributed by atoms with E-state index < -0.39 is 0 Å². The van der Waals surface area contributed by atoms with Crippen molar-refractivity contribution in [3.05, 3.63) is 295 Å². The molecule has 17 rings (SSSR count). The van der Waals surface area contributed by atoms with Gasteiger partial charge >= 0.3 is 0 Å². The van der Waals surface area contributed by atoms with Gasteiger partial charge in [-0.1, -0.05) is 196 Å². The van der Waals surface area contributed by atoms with E-state index in [0.717, 1.165) is 66.1 Å². The molecule has 0 bridgehead atoms. The van der Waals surface area contributed by atoms with E-state index in [0.29, 0.717) is 33.8 Å². The highest BCUT2D eigenvalue weighted by molar-refractivity contribution is 6.12. The maximum Gasteiger partial charge on any atom is 0.161 e. The number of fused-ring (bicyclic) bond motifs is 12. The van der Waals surface area contributed by atoms with Gasteiger partial charge in [0, 0.05) is 49.0 Å². The molecule has 0 unspecified atom stereocenters. The summed E-state index contributed by atoms with van der Waals surface area (Å²) in [7, 11) is 0. The fourth-order valence-electron chi connectivity index (χ4n) is 13.6. The van der Waals surface area contributed by atoms with Crippen LogP contribution in [0, 0.1) is 34.0 Å². The van der Waals surface area contributed by atoms with Crippen LogP contribution >= 0.6 is 0 Å². The van der Waals surface area contributed by atoms with Crippen LogP contribution in [0.25, 0.3) is 144 Å². The third-order valence-corrected chi connectivity index (χ3v) is 18.0. The molecule has 0 amide bonds. The van der Waals surface area contributed by atoms with E-state index in [2.05, 4.69) is 230 Å². The van der Waals surface area contributed by atoms with Crippen molar-refractivity contribution in [2.75, 3.05) is 0 Å². The minimum absolute atomic E-state index is 0.0394. The molecule has 8 nitrogen and oxygen atoms in total. The maximum atomic E-state index is 10.2. The summed E-state index contributed by atoms with van der Waals surface area (Å²) < 4.78 is 4.34. The highest BCUT2D eigenvalue weighted by Gasteiger charge is 2.35. The van der Waals surface area contributed by atoms with Crippen molar-refractivity contribution in [3.8, 4) is 85.6 Å². The Morgan fingerprint density at radius 3 is 1.53 bits per heavy atom. The Hall–Kier alpha value is -12.3. The van der Waals surface area contributed by atoms with E-state index >= 15 is 0 Å². The van der Waals surface area contributed by atoms with Gasteiger partial charge in [0.2, 0.25) is 0 Å². The Balaban J connectivity index is 0.000000143. The Labute approximate surface area is 513 Å². The van der Waals surface area contributed by atoms with Gasteiger partial charge in [-0.25, -0.2) is 15.0 Å². The van der Waals surface area contributed by atoms with E-state index in [4.69, 9.17) is 9.97 Å². The van der Waals surface area contributed by atoms with Crippen LogP contribution < -0.4 is 0 Å². The molecule has 4 aromatic heterocycles. The van der Waals surface area contributed by atoms with Gasteiger partial charge in [-0.15, -0.1) is 0 Å². The van der Waals surface area contributed by atoms with Gasteiger partial charge in [0.05, 0.1) is 38.7 Å². The van der Waals surface area contributed by atoms with Crippen LogP contribution in [0.1, 0.15) is 41.8 Å². The zero-order chi connectivity index (χ0) is 59.9. The van der Waals surface area contributed by atoms with Crippen LogP contribution in [0.15, 0.2) is 267 Å². The SMILES string of the molecule is CC1(C)c2ccccc2-c2ccc(-c3ccc4c(c3)c3ccccc3n4-c3ccc(-c4nc(C#N)c5ccccc5n4)cc3)cc21.N#Cc1c(-n2c3ccccc3c3cc(-c4ccc(-c5cccc6ccccc56)cc4)ccc32)nc2ccccc2c1C#N. The summed E-state index contributed by atoms with van der Waals surface area (Å²) in [5, 5.41) is 38.5. The molecular formula is C81H50N8. The van der Waals surface area contributed by atoms with Gasteiger partial charge in [-0.3, -0.25) is 4.57 Å². The van der Waals surface area contributed by atoms with Crippen molar-refractivity contribution in [3.63, 3.8) is 0 Å². The molecule has 0 spiro atoms. The lowest BCUT2D eigenvalue weighted by molar-refractivity contribution is 0.660. The fourth-order valence-corrected chi connectivity index (χ4v) is 13.6. The number of hydrogen-bond acceptors (Lipinski definition) is 6. The zero-order valence-corrected chi connectivity index (χ0v) is 48.5. The number of pyridine rings is 1. The monoisotopic (exact) mass is 1130 g/mol. The molecule has 0 radical (unpaired) electrons. The van der Waals surface area contributed by atoms with Crippen LogP contribution in [-0.4, -0.2) is 24.1 Å². The van der Waals surface area contributed by atoms with Crippen LogP contribution in [0.5, 0.6) is 0 Å². The minimum Gasteiger partial charge on any atom is -0.309 e. The lowest BCUT2D eigenvalue weighted by atomic mass is 9.81. The molecule has 0 saturated carbocycles. The Kier molecular flexibility index (Phi) is 12.2. The van der Waals surface area contributed by atoms with Gasteiger partial charge in [-0.2, -0.15) is 15.8 Å². The third-order valence-electron chi connectivity index (χ3n) is 18.0. The highest BCUT2D eigenvalue weighted by Crippen LogP contribution is 2.50. The molecule has 16 aromatic rings. The first-order chi connectivity index (χ1) is 43.8. The molecule has 1 aliphatic carbocycles. The number of hydrogen-bond donors (Lipinski definition) is 0. The Bertz CT molecular complexity index is 5740. The molecule has 0 N–H and O–H groups in total. The third kappa shape index (κ3) is 8.45. The first-order valence-electron chi connectivity index (χ1n) is 29.7. The molecule has 0 saturated heterocycles. The summed E-state index contributed by atoms with van der Waals surface area (Å²) in [4.78, 5) is 14.3. The zero-order valence-electron chi connectivity index (χ0n) is 48.5. The second kappa shape index (κ2) is 20.8. The van der Waals surface area contributed by atoms with Crippen molar-refractivity contribution >= 4 is 76.2 Å². The summed E-state index contributed by atoms with van der Waals surface area (Å²) >= 11 is 0. The molecule has 8 heteroatoms. The van der Waals surface area contributed by atoms with Gasteiger partial charge in [0.25, 0.3) is 0 Å². The first-order valence-corrected chi connectivity index (χ1v) is 29.7. The number of para-hydroxylation sites is 4. The second-order valence-corrected chi connectivity index (χ2v) is 23.2.